The highest BCUT2D eigenvalue weighted by molar-refractivity contribution is 8.00. The van der Waals surface area contributed by atoms with E-state index in [4.69, 9.17) is 5.73 Å². The molecule has 0 aromatic carbocycles. The number of thioether (sulfide) groups is 1. The van der Waals surface area contributed by atoms with Gasteiger partial charge in [-0.1, -0.05) is 0 Å². The summed E-state index contributed by atoms with van der Waals surface area (Å²) in [7, 11) is -3.40. The molecule has 1 heterocycles. The van der Waals surface area contributed by atoms with Crippen molar-refractivity contribution >= 4 is 33.1 Å². The van der Waals surface area contributed by atoms with Crippen LogP contribution in [0.4, 0.5) is 0 Å². The van der Waals surface area contributed by atoms with Crippen LogP contribution in [-0.2, 0) is 16.6 Å². The van der Waals surface area contributed by atoms with E-state index in [9.17, 15) is 8.42 Å². The van der Waals surface area contributed by atoms with Gasteiger partial charge >= 0.3 is 0 Å². The number of nitrogens with one attached hydrogen (secondary N) is 1. The molecular formula is C10H16N2O2S3. The zero-order chi connectivity index (χ0) is 12.5. The highest BCUT2D eigenvalue weighted by Crippen LogP contribution is 2.46. The highest BCUT2D eigenvalue weighted by atomic mass is 32.2. The lowest BCUT2D eigenvalue weighted by atomic mass is 10.4. The van der Waals surface area contributed by atoms with Crippen LogP contribution in [0.25, 0.3) is 0 Å². The molecule has 1 fully saturated rings. The van der Waals surface area contributed by atoms with Gasteiger partial charge < -0.3 is 5.73 Å². The Hall–Kier alpha value is -0.0800. The average molecular weight is 292 g/mol. The Bertz CT molecular complexity index is 491. The third-order valence-corrected chi connectivity index (χ3v) is 6.98. The summed E-state index contributed by atoms with van der Waals surface area (Å²) < 4.78 is 27.0. The highest BCUT2D eigenvalue weighted by Gasteiger charge is 2.42. The summed E-state index contributed by atoms with van der Waals surface area (Å²) in [5.41, 5.74) is 5.53. The number of hydrogen-bond acceptors (Lipinski definition) is 5. The number of rotatable bonds is 6. The van der Waals surface area contributed by atoms with Crippen LogP contribution in [0.5, 0.6) is 0 Å². The predicted molar refractivity (Wildman–Crippen MR) is 72.9 cm³/mol. The third-order valence-electron chi connectivity index (χ3n) is 3.00. The minimum Gasteiger partial charge on any atom is -0.326 e. The lowest BCUT2D eigenvalue weighted by Crippen LogP contribution is -2.32. The van der Waals surface area contributed by atoms with Crippen LogP contribution >= 0.6 is 23.1 Å². The summed E-state index contributed by atoms with van der Waals surface area (Å²) in [6.07, 6.45) is 4.20. The van der Waals surface area contributed by atoms with Gasteiger partial charge in [-0.25, -0.2) is 13.1 Å². The molecule has 3 N–H and O–H groups in total. The molecule has 0 amide bonds. The average Bonchev–Trinajstić information content (AvgIpc) is 2.93. The van der Waals surface area contributed by atoms with E-state index in [0.29, 0.717) is 16.3 Å². The SMILES string of the molecule is CSC1(CNS(=O)(=O)c2ccsc2CN)CC1. The van der Waals surface area contributed by atoms with E-state index in [1.165, 1.54) is 11.3 Å². The van der Waals surface area contributed by atoms with Gasteiger partial charge in [0.1, 0.15) is 0 Å². The number of sulfonamides is 1. The predicted octanol–water partition coefficient (Wildman–Crippen LogP) is 1.38. The minimum absolute atomic E-state index is 0.131. The Balaban J connectivity index is 2.09. The van der Waals surface area contributed by atoms with Gasteiger partial charge in [-0.2, -0.15) is 11.8 Å². The van der Waals surface area contributed by atoms with E-state index < -0.39 is 10.0 Å². The molecule has 1 aromatic rings. The molecular weight excluding hydrogens is 276 g/mol. The first-order chi connectivity index (χ1) is 8.03. The largest absolute Gasteiger partial charge is 0.326 e. The van der Waals surface area contributed by atoms with Crippen molar-refractivity contribution in [3.05, 3.63) is 16.3 Å². The second kappa shape index (κ2) is 4.89. The number of thiophene rings is 1. The Morgan fingerprint density at radius 1 is 1.59 bits per heavy atom. The molecule has 0 spiro atoms. The van der Waals surface area contributed by atoms with E-state index in [0.717, 1.165) is 12.8 Å². The van der Waals surface area contributed by atoms with Crippen LogP contribution < -0.4 is 10.5 Å². The monoisotopic (exact) mass is 292 g/mol. The second-order valence-corrected chi connectivity index (χ2v) is 8.13. The van der Waals surface area contributed by atoms with Gasteiger partial charge in [-0.05, 0) is 30.5 Å². The Morgan fingerprint density at radius 3 is 2.82 bits per heavy atom. The van der Waals surface area contributed by atoms with Crippen LogP contribution in [0.15, 0.2) is 16.3 Å². The van der Waals surface area contributed by atoms with Gasteiger partial charge in [0.25, 0.3) is 0 Å². The molecule has 1 saturated carbocycles. The van der Waals surface area contributed by atoms with E-state index in [1.54, 1.807) is 23.2 Å². The summed E-state index contributed by atoms with van der Waals surface area (Å²) in [4.78, 5) is 1.05. The van der Waals surface area contributed by atoms with Crippen molar-refractivity contribution in [2.24, 2.45) is 5.73 Å². The molecule has 0 radical (unpaired) electrons. The maximum atomic E-state index is 12.1. The molecule has 2 rings (SSSR count). The van der Waals surface area contributed by atoms with Crippen molar-refractivity contribution in [2.45, 2.75) is 29.0 Å². The molecule has 0 atom stereocenters. The van der Waals surface area contributed by atoms with E-state index >= 15 is 0 Å². The van der Waals surface area contributed by atoms with Crippen LogP contribution in [0.1, 0.15) is 17.7 Å². The summed E-state index contributed by atoms with van der Waals surface area (Å²) in [6, 6.07) is 1.62. The summed E-state index contributed by atoms with van der Waals surface area (Å²) >= 11 is 3.12. The fourth-order valence-corrected chi connectivity index (χ4v) is 4.89. The molecule has 0 aliphatic heterocycles. The van der Waals surface area contributed by atoms with Crippen molar-refractivity contribution in [1.29, 1.82) is 0 Å². The molecule has 4 nitrogen and oxygen atoms in total. The maximum Gasteiger partial charge on any atom is 0.241 e. The smallest absolute Gasteiger partial charge is 0.241 e. The third kappa shape index (κ3) is 2.85. The number of hydrogen-bond donors (Lipinski definition) is 2. The molecule has 1 aliphatic carbocycles. The summed E-state index contributed by atoms with van der Waals surface area (Å²) in [5.74, 6) is 0. The van der Waals surface area contributed by atoms with E-state index in [-0.39, 0.29) is 11.3 Å². The first-order valence-electron chi connectivity index (χ1n) is 5.34. The lowest BCUT2D eigenvalue weighted by Gasteiger charge is -2.13. The number of nitrogens with two attached hydrogens (primary N) is 1. The molecule has 1 aliphatic rings. The minimum atomic E-state index is -3.40. The van der Waals surface area contributed by atoms with Crippen molar-refractivity contribution in [3.63, 3.8) is 0 Å². The zero-order valence-electron chi connectivity index (χ0n) is 9.60. The molecule has 0 unspecified atom stereocenters. The molecule has 7 heteroatoms. The fraction of sp³-hybridized carbons (Fsp3) is 0.600. The van der Waals surface area contributed by atoms with Gasteiger partial charge in [0, 0.05) is 22.7 Å². The molecule has 96 valence electrons. The first kappa shape index (κ1) is 13.4. The van der Waals surface area contributed by atoms with Crippen molar-refractivity contribution in [2.75, 3.05) is 12.8 Å². The van der Waals surface area contributed by atoms with E-state index in [1.807, 2.05) is 6.26 Å². The van der Waals surface area contributed by atoms with Crippen LogP contribution in [-0.4, -0.2) is 26.0 Å². The van der Waals surface area contributed by atoms with Gasteiger partial charge in [-0.3, -0.25) is 0 Å². The standard InChI is InChI=1S/C10H16N2O2S3/c1-15-10(3-4-10)7-12-17(13,14)9-2-5-16-8(9)6-11/h2,5,12H,3-4,6-7,11H2,1H3. The van der Waals surface area contributed by atoms with Gasteiger partial charge in [0.05, 0.1) is 4.90 Å². The maximum absolute atomic E-state index is 12.1. The topological polar surface area (TPSA) is 72.2 Å². The zero-order valence-corrected chi connectivity index (χ0v) is 12.1. The molecule has 0 saturated heterocycles. The Kier molecular flexibility index (Phi) is 3.84. The van der Waals surface area contributed by atoms with Gasteiger partial charge in [0.2, 0.25) is 10.0 Å². The van der Waals surface area contributed by atoms with Gasteiger partial charge in [0.15, 0.2) is 0 Å². The first-order valence-corrected chi connectivity index (χ1v) is 8.93. The molecule has 0 bridgehead atoms. The van der Waals surface area contributed by atoms with Crippen molar-refractivity contribution in [3.8, 4) is 0 Å². The van der Waals surface area contributed by atoms with Gasteiger partial charge in [-0.15, -0.1) is 11.3 Å². The second-order valence-electron chi connectivity index (χ2n) is 4.12. The molecule has 17 heavy (non-hydrogen) atoms. The van der Waals surface area contributed by atoms with Crippen molar-refractivity contribution < 1.29 is 8.42 Å². The Morgan fingerprint density at radius 2 is 2.29 bits per heavy atom. The normalized spacial score (nSPS) is 18.2. The van der Waals surface area contributed by atoms with E-state index in [2.05, 4.69) is 4.72 Å². The quantitative estimate of drug-likeness (QED) is 0.831. The lowest BCUT2D eigenvalue weighted by molar-refractivity contribution is 0.579. The van der Waals surface area contributed by atoms with Crippen LogP contribution in [0.2, 0.25) is 0 Å². The summed E-state index contributed by atoms with van der Waals surface area (Å²) in [5, 5.41) is 1.76. The fourth-order valence-electron chi connectivity index (χ4n) is 1.61. The Labute approximate surface area is 110 Å². The summed E-state index contributed by atoms with van der Waals surface area (Å²) in [6.45, 7) is 0.776. The molecule has 1 aromatic heterocycles. The van der Waals surface area contributed by atoms with Crippen molar-refractivity contribution in [1.82, 2.24) is 4.72 Å². The van der Waals surface area contributed by atoms with Crippen LogP contribution in [0.3, 0.4) is 0 Å². The van der Waals surface area contributed by atoms with Crippen LogP contribution in [0, 0.1) is 0 Å².